The van der Waals surface area contributed by atoms with Crippen molar-refractivity contribution in [3.05, 3.63) is 35.9 Å². The molecule has 1 heterocycles. The Morgan fingerprint density at radius 1 is 1.20 bits per heavy atom. The van der Waals surface area contributed by atoms with Gasteiger partial charge in [-0.05, 0) is 24.3 Å². The van der Waals surface area contributed by atoms with Crippen molar-refractivity contribution in [1.82, 2.24) is 9.62 Å². The van der Waals surface area contributed by atoms with E-state index in [0.29, 0.717) is 19.4 Å². The lowest BCUT2D eigenvalue weighted by molar-refractivity contribution is -0.134. The molecular formula is C16H22N2O6S. The van der Waals surface area contributed by atoms with Crippen LogP contribution in [0.3, 0.4) is 0 Å². The molecule has 1 aliphatic heterocycles. The molecule has 138 valence electrons. The van der Waals surface area contributed by atoms with Gasteiger partial charge in [-0.15, -0.1) is 0 Å². The van der Waals surface area contributed by atoms with Gasteiger partial charge in [0.25, 0.3) is 0 Å². The number of nitrogens with one attached hydrogen (secondary N) is 1. The van der Waals surface area contributed by atoms with E-state index in [9.17, 15) is 18.0 Å². The van der Waals surface area contributed by atoms with E-state index in [2.05, 4.69) is 5.32 Å². The molecule has 2 rings (SSSR count). The Kier molecular flexibility index (Phi) is 6.77. The largest absolute Gasteiger partial charge is 0.480 e. The van der Waals surface area contributed by atoms with Gasteiger partial charge < -0.3 is 15.2 Å². The van der Waals surface area contributed by atoms with Crippen LogP contribution in [-0.4, -0.2) is 55.3 Å². The molecule has 0 bridgehead atoms. The molecule has 1 saturated heterocycles. The molecule has 0 aliphatic carbocycles. The van der Waals surface area contributed by atoms with Crippen molar-refractivity contribution in [2.75, 3.05) is 25.4 Å². The number of nitrogens with zero attached hydrogens (tertiary/aromatic N) is 1. The topological polar surface area (TPSA) is 113 Å². The molecule has 1 amide bonds. The van der Waals surface area contributed by atoms with Crippen molar-refractivity contribution < 1.29 is 27.9 Å². The highest BCUT2D eigenvalue weighted by atomic mass is 32.2. The van der Waals surface area contributed by atoms with E-state index in [1.165, 1.54) is 4.31 Å². The van der Waals surface area contributed by atoms with Gasteiger partial charge >= 0.3 is 12.1 Å². The van der Waals surface area contributed by atoms with Crippen LogP contribution in [0.4, 0.5) is 4.79 Å². The molecule has 1 aromatic carbocycles. The van der Waals surface area contributed by atoms with Crippen molar-refractivity contribution in [1.29, 1.82) is 0 Å². The summed E-state index contributed by atoms with van der Waals surface area (Å²) in [7, 11) is -3.75. The van der Waals surface area contributed by atoms with Gasteiger partial charge in [0.1, 0.15) is 6.61 Å². The summed E-state index contributed by atoms with van der Waals surface area (Å²) in [5, 5.41) is 11.3. The fourth-order valence-corrected chi connectivity index (χ4v) is 3.90. The SMILES string of the molecule is O=C(O)CS(=O)(=O)N1CCC(CNC(=O)OCc2ccccc2)CC1. The molecule has 1 aliphatic rings. The molecule has 0 spiro atoms. The first-order chi connectivity index (χ1) is 11.9. The zero-order valence-electron chi connectivity index (χ0n) is 13.8. The number of benzene rings is 1. The van der Waals surface area contributed by atoms with Crippen LogP contribution >= 0.6 is 0 Å². The first kappa shape index (κ1) is 19.2. The van der Waals surface area contributed by atoms with Crippen molar-refractivity contribution in [3.8, 4) is 0 Å². The summed E-state index contributed by atoms with van der Waals surface area (Å²) < 4.78 is 30.0. The fourth-order valence-electron chi connectivity index (χ4n) is 2.64. The molecule has 0 unspecified atom stereocenters. The number of piperidine rings is 1. The minimum absolute atomic E-state index is 0.139. The molecule has 0 aromatic heterocycles. The maximum absolute atomic E-state index is 11.8. The molecule has 1 aromatic rings. The van der Waals surface area contributed by atoms with Gasteiger partial charge in [-0.1, -0.05) is 30.3 Å². The monoisotopic (exact) mass is 370 g/mol. The summed E-state index contributed by atoms with van der Waals surface area (Å²) in [6.07, 6.45) is 0.625. The molecule has 9 heteroatoms. The van der Waals surface area contributed by atoms with E-state index < -0.39 is 27.8 Å². The summed E-state index contributed by atoms with van der Waals surface area (Å²) >= 11 is 0. The molecule has 8 nitrogen and oxygen atoms in total. The minimum atomic E-state index is -3.75. The number of sulfonamides is 1. The van der Waals surface area contributed by atoms with Gasteiger partial charge in [-0.25, -0.2) is 17.5 Å². The van der Waals surface area contributed by atoms with Crippen LogP contribution in [0, 0.1) is 5.92 Å². The van der Waals surface area contributed by atoms with Gasteiger partial charge in [0.05, 0.1) is 0 Å². The lowest BCUT2D eigenvalue weighted by Gasteiger charge is -2.30. The second kappa shape index (κ2) is 8.82. The molecule has 0 saturated carbocycles. The van der Waals surface area contributed by atoms with E-state index in [1.54, 1.807) is 0 Å². The smallest absolute Gasteiger partial charge is 0.407 e. The second-order valence-corrected chi connectivity index (χ2v) is 7.90. The van der Waals surface area contributed by atoms with E-state index in [1.807, 2.05) is 30.3 Å². The zero-order chi connectivity index (χ0) is 18.3. The molecule has 0 radical (unpaired) electrons. The van der Waals surface area contributed by atoms with Gasteiger partial charge in [0, 0.05) is 19.6 Å². The van der Waals surface area contributed by atoms with Crippen molar-refractivity contribution >= 4 is 22.1 Å². The van der Waals surface area contributed by atoms with Crippen LogP contribution in [0.25, 0.3) is 0 Å². The predicted octanol–water partition coefficient (Wildman–Crippen LogP) is 1.04. The number of amides is 1. The Labute approximate surface area is 146 Å². The summed E-state index contributed by atoms with van der Waals surface area (Å²) in [6, 6.07) is 9.33. The second-order valence-electron chi connectivity index (χ2n) is 5.94. The quantitative estimate of drug-likeness (QED) is 0.741. The molecule has 0 atom stereocenters. The molecule has 25 heavy (non-hydrogen) atoms. The fraction of sp³-hybridized carbons (Fsp3) is 0.500. The zero-order valence-corrected chi connectivity index (χ0v) is 14.6. The number of alkyl carbamates (subject to hydrolysis) is 1. The van der Waals surface area contributed by atoms with Crippen molar-refractivity contribution in [2.24, 2.45) is 5.92 Å². The Bertz CT molecular complexity index is 684. The number of carbonyl (C=O) groups is 2. The first-order valence-corrected chi connectivity index (χ1v) is 9.62. The minimum Gasteiger partial charge on any atom is -0.480 e. The Hall–Kier alpha value is -2.13. The number of ether oxygens (including phenoxy) is 1. The normalized spacial score (nSPS) is 16.3. The van der Waals surface area contributed by atoms with Gasteiger partial charge in [0.15, 0.2) is 5.75 Å². The number of hydrogen-bond acceptors (Lipinski definition) is 5. The van der Waals surface area contributed by atoms with Crippen molar-refractivity contribution in [2.45, 2.75) is 19.4 Å². The highest BCUT2D eigenvalue weighted by molar-refractivity contribution is 7.89. The summed E-state index contributed by atoms with van der Waals surface area (Å²) in [6.45, 7) is 1.13. The van der Waals surface area contributed by atoms with Crippen LogP contribution in [0.5, 0.6) is 0 Å². The van der Waals surface area contributed by atoms with Crippen LogP contribution in [0.15, 0.2) is 30.3 Å². The lowest BCUT2D eigenvalue weighted by atomic mass is 9.98. The average Bonchev–Trinajstić information content (AvgIpc) is 2.58. The standard InChI is InChI=1S/C16H22N2O6S/c19-15(20)12-25(22,23)18-8-6-13(7-9-18)10-17-16(21)24-11-14-4-2-1-3-5-14/h1-5,13H,6-12H2,(H,17,21)(H,19,20). The van der Waals surface area contributed by atoms with Crippen LogP contribution in [0.2, 0.25) is 0 Å². The van der Waals surface area contributed by atoms with Crippen LogP contribution in [0.1, 0.15) is 18.4 Å². The van der Waals surface area contributed by atoms with Crippen LogP contribution in [-0.2, 0) is 26.2 Å². The Morgan fingerprint density at radius 2 is 1.84 bits per heavy atom. The lowest BCUT2D eigenvalue weighted by Crippen LogP contribution is -2.43. The predicted molar refractivity (Wildman–Crippen MR) is 90.3 cm³/mol. The van der Waals surface area contributed by atoms with Crippen LogP contribution < -0.4 is 5.32 Å². The number of carbonyl (C=O) groups excluding carboxylic acids is 1. The van der Waals surface area contributed by atoms with Gasteiger partial charge in [0.2, 0.25) is 10.0 Å². The first-order valence-electron chi connectivity index (χ1n) is 8.01. The number of carboxylic acid groups (broad SMARTS) is 1. The highest BCUT2D eigenvalue weighted by Crippen LogP contribution is 2.19. The average molecular weight is 370 g/mol. The van der Waals surface area contributed by atoms with E-state index >= 15 is 0 Å². The summed E-state index contributed by atoms with van der Waals surface area (Å²) in [5.41, 5.74) is 0.898. The Morgan fingerprint density at radius 3 is 2.44 bits per heavy atom. The highest BCUT2D eigenvalue weighted by Gasteiger charge is 2.29. The maximum atomic E-state index is 11.8. The Balaban J connectivity index is 1.68. The molecular weight excluding hydrogens is 348 g/mol. The summed E-state index contributed by atoms with van der Waals surface area (Å²) in [5.74, 6) is -2.10. The third kappa shape index (κ3) is 6.35. The number of aliphatic carboxylic acids is 1. The van der Waals surface area contributed by atoms with Crippen molar-refractivity contribution in [3.63, 3.8) is 0 Å². The van der Waals surface area contributed by atoms with Gasteiger partial charge in [-0.2, -0.15) is 0 Å². The number of hydrogen-bond donors (Lipinski definition) is 2. The van der Waals surface area contributed by atoms with E-state index in [-0.39, 0.29) is 25.6 Å². The molecule has 1 fully saturated rings. The third-order valence-electron chi connectivity index (χ3n) is 4.02. The number of rotatable bonds is 7. The third-order valence-corrected chi connectivity index (χ3v) is 5.78. The summed E-state index contributed by atoms with van der Waals surface area (Å²) in [4.78, 5) is 22.3. The van der Waals surface area contributed by atoms with E-state index in [0.717, 1.165) is 5.56 Å². The molecule has 2 N–H and O–H groups in total. The maximum Gasteiger partial charge on any atom is 0.407 e. The van der Waals surface area contributed by atoms with Gasteiger partial charge in [-0.3, -0.25) is 4.79 Å². The number of carboxylic acids is 1. The van der Waals surface area contributed by atoms with E-state index in [4.69, 9.17) is 9.84 Å².